The topological polar surface area (TPSA) is 26.3 Å². The monoisotopic (exact) mass is 328 g/mol. The van der Waals surface area contributed by atoms with Crippen molar-refractivity contribution in [2.45, 2.75) is 6.92 Å². The first-order valence-corrected chi connectivity index (χ1v) is 5.34. The van der Waals surface area contributed by atoms with Gasteiger partial charge in [0.1, 0.15) is 0 Å². The van der Waals surface area contributed by atoms with Gasteiger partial charge >= 0.3 is 5.97 Å². The molecule has 0 aliphatic heterocycles. The molecule has 1 aromatic carbocycles. The van der Waals surface area contributed by atoms with Gasteiger partial charge in [-0.25, -0.2) is 9.18 Å². The van der Waals surface area contributed by atoms with Crippen molar-refractivity contribution in [1.82, 2.24) is 0 Å². The molecule has 0 saturated heterocycles. The average molecular weight is 329 g/mol. The summed E-state index contributed by atoms with van der Waals surface area (Å²) in [6.07, 6.45) is 0. The number of rotatable bonds is 2. The molecule has 0 atom stereocenters. The maximum Gasteiger partial charge on any atom is 0.339 e. The first-order chi connectivity index (χ1) is 6.57. The molecule has 76 valence electrons. The van der Waals surface area contributed by atoms with Crippen molar-refractivity contribution in [3.05, 3.63) is 32.1 Å². The third kappa shape index (κ3) is 2.36. The van der Waals surface area contributed by atoms with Crippen molar-refractivity contribution >= 4 is 40.2 Å². The van der Waals surface area contributed by atoms with E-state index < -0.39 is 11.8 Å². The molecule has 5 heteroatoms. The van der Waals surface area contributed by atoms with Gasteiger partial charge in [0.25, 0.3) is 0 Å². The fraction of sp³-hybridized carbons (Fsp3) is 0.222. The number of halogens is 3. The summed E-state index contributed by atoms with van der Waals surface area (Å²) >= 11 is 7.45. The first-order valence-electron chi connectivity index (χ1n) is 3.88. The molecular weight excluding hydrogens is 321 g/mol. The number of carbonyl (C=O) groups excluding carboxylic acids is 1. The summed E-state index contributed by atoms with van der Waals surface area (Å²) in [5, 5.41) is -0.185. The predicted octanol–water partition coefficient (Wildman–Crippen LogP) is 3.26. The van der Waals surface area contributed by atoms with E-state index in [4.69, 9.17) is 16.3 Å². The molecule has 1 rings (SSSR count). The third-order valence-corrected chi connectivity index (χ3v) is 2.73. The molecule has 0 spiro atoms. The lowest BCUT2D eigenvalue weighted by Gasteiger charge is -2.05. The second-order valence-electron chi connectivity index (χ2n) is 2.44. The Morgan fingerprint density at radius 2 is 2.29 bits per heavy atom. The molecule has 0 amide bonds. The summed E-state index contributed by atoms with van der Waals surface area (Å²) in [6, 6.07) is 2.93. The predicted molar refractivity (Wildman–Crippen MR) is 60.1 cm³/mol. The number of carbonyl (C=O) groups is 1. The highest BCUT2D eigenvalue weighted by atomic mass is 127. The molecule has 14 heavy (non-hydrogen) atoms. The fourth-order valence-electron chi connectivity index (χ4n) is 0.892. The molecule has 0 radical (unpaired) electrons. The van der Waals surface area contributed by atoms with E-state index in [0.29, 0.717) is 3.57 Å². The van der Waals surface area contributed by atoms with Gasteiger partial charge in [-0.05, 0) is 41.6 Å². The summed E-state index contributed by atoms with van der Waals surface area (Å²) < 4.78 is 18.3. The average Bonchev–Trinajstić information content (AvgIpc) is 2.15. The standard InChI is InChI=1S/C9H7ClFIO2/c1-2-14-9(13)5-3-4-6(12)8(11)7(5)10/h3-4H,2H2,1H3. The van der Waals surface area contributed by atoms with E-state index in [2.05, 4.69) is 0 Å². The van der Waals surface area contributed by atoms with E-state index in [1.807, 2.05) is 0 Å². The van der Waals surface area contributed by atoms with Crippen LogP contribution >= 0.6 is 34.2 Å². The van der Waals surface area contributed by atoms with Crippen LogP contribution in [-0.2, 0) is 4.74 Å². The third-order valence-electron chi connectivity index (χ3n) is 1.53. The summed E-state index contributed by atoms with van der Waals surface area (Å²) in [5.41, 5.74) is 0.0615. The molecule has 0 heterocycles. The minimum Gasteiger partial charge on any atom is -0.462 e. The van der Waals surface area contributed by atoms with Crippen LogP contribution in [0.1, 0.15) is 17.3 Å². The van der Waals surface area contributed by atoms with Crippen LogP contribution in [0.3, 0.4) is 0 Å². The van der Waals surface area contributed by atoms with E-state index in [1.54, 1.807) is 29.5 Å². The Bertz CT molecular complexity index is 368. The van der Waals surface area contributed by atoms with Crippen molar-refractivity contribution < 1.29 is 13.9 Å². The normalized spacial score (nSPS) is 10.0. The summed E-state index contributed by atoms with van der Waals surface area (Å²) in [7, 11) is 0. The Kier molecular flexibility index (Phi) is 4.12. The lowest BCUT2D eigenvalue weighted by molar-refractivity contribution is 0.0526. The minimum atomic E-state index is -0.604. The van der Waals surface area contributed by atoms with Crippen molar-refractivity contribution in [2.24, 2.45) is 0 Å². The van der Waals surface area contributed by atoms with E-state index in [1.165, 1.54) is 12.1 Å². The van der Waals surface area contributed by atoms with E-state index in [-0.39, 0.29) is 17.2 Å². The zero-order valence-corrected chi connectivity index (χ0v) is 10.2. The van der Waals surface area contributed by atoms with Crippen molar-refractivity contribution in [3.63, 3.8) is 0 Å². The molecular formula is C9H7ClFIO2. The van der Waals surface area contributed by atoms with Crippen LogP contribution in [-0.4, -0.2) is 12.6 Å². The van der Waals surface area contributed by atoms with Gasteiger partial charge in [0.05, 0.1) is 20.8 Å². The molecule has 0 unspecified atom stereocenters. The number of ether oxygens (including phenoxy) is 1. The van der Waals surface area contributed by atoms with Crippen LogP contribution in [0, 0.1) is 9.39 Å². The summed E-state index contributed by atoms with van der Waals surface area (Å²) in [4.78, 5) is 11.3. The highest BCUT2D eigenvalue weighted by Crippen LogP contribution is 2.24. The Morgan fingerprint density at radius 1 is 1.64 bits per heavy atom. The largest absolute Gasteiger partial charge is 0.462 e. The maximum absolute atomic E-state index is 13.2. The fourth-order valence-corrected chi connectivity index (χ4v) is 1.74. The maximum atomic E-state index is 13.2. The van der Waals surface area contributed by atoms with Crippen LogP contribution in [0.2, 0.25) is 5.02 Å². The molecule has 0 saturated carbocycles. The quantitative estimate of drug-likeness (QED) is 0.473. The van der Waals surface area contributed by atoms with Gasteiger partial charge in [-0.1, -0.05) is 11.6 Å². The van der Waals surface area contributed by atoms with Crippen LogP contribution < -0.4 is 0 Å². The first kappa shape index (κ1) is 11.7. The minimum absolute atomic E-state index is 0.0615. The van der Waals surface area contributed by atoms with Gasteiger partial charge in [0.2, 0.25) is 0 Å². The van der Waals surface area contributed by atoms with Gasteiger partial charge in [0.15, 0.2) is 5.82 Å². The van der Waals surface area contributed by atoms with Gasteiger partial charge in [-0.15, -0.1) is 0 Å². The Balaban J connectivity index is 3.11. The summed E-state index contributed by atoms with van der Waals surface area (Å²) in [5.74, 6) is -1.19. The van der Waals surface area contributed by atoms with Gasteiger partial charge in [-0.2, -0.15) is 0 Å². The highest BCUT2D eigenvalue weighted by Gasteiger charge is 2.16. The molecule has 2 nitrogen and oxygen atoms in total. The van der Waals surface area contributed by atoms with E-state index >= 15 is 0 Å². The molecule has 0 N–H and O–H groups in total. The van der Waals surface area contributed by atoms with Gasteiger partial charge in [0, 0.05) is 0 Å². The molecule has 0 fully saturated rings. The van der Waals surface area contributed by atoms with Crippen molar-refractivity contribution in [2.75, 3.05) is 6.61 Å². The molecule has 0 bridgehead atoms. The lowest BCUT2D eigenvalue weighted by Crippen LogP contribution is -2.06. The van der Waals surface area contributed by atoms with Crippen LogP contribution in [0.15, 0.2) is 12.1 Å². The second kappa shape index (κ2) is 4.93. The van der Waals surface area contributed by atoms with Crippen LogP contribution in [0.4, 0.5) is 4.39 Å². The Labute approximate surface area is 99.5 Å². The van der Waals surface area contributed by atoms with Crippen LogP contribution in [0.25, 0.3) is 0 Å². The number of esters is 1. The van der Waals surface area contributed by atoms with E-state index in [9.17, 15) is 9.18 Å². The zero-order chi connectivity index (χ0) is 10.7. The van der Waals surface area contributed by atoms with Crippen molar-refractivity contribution in [3.8, 4) is 0 Å². The van der Waals surface area contributed by atoms with Gasteiger partial charge < -0.3 is 4.74 Å². The number of hydrogen-bond acceptors (Lipinski definition) is 2. The smallest absolute Gasteiger partial charge is 0.339 e. The Morgan fingerprint density at radius 3 is 2.86 bits per heavy atom. The zero-order valence-electron chi connectivity index (χ0n) is 7.31. The summed E-state index contributed by atoms with van der Waals surface area (Å²) in [6.45, 7) is 1.91. The van der Waals surface area contributed by atoms with Crippen molar-refractivity contribution in [1.29, 1.82) is 0 Å². The molecule has 0 aliphatic carbocycles. The SMILES string of the molecule is CCOC(=O)c1ccc(I)c(F)c1Cl. The highest BCUT2D eigenvalue weighted by molar-refractivity contribution is 14.1. The number of benzene rings is 1. The lowest BCUT2D eigenvalue weighted by atomic mass is 10.2. The number of hydrogen-bond donors (Lipinski definition) is 0. The van der Waals surface area contributed by atoms with Crippen LogP contribution in [0.5, 0.6) is 0 Å². The molecule has 1 aromatic rings. The molecule has 0 aliphatic rings. The Hall–Kier alpha value is -0.360. The second-order valence-corrected chi connectivity index (χ2v) is 3.98. The molecule has 0 aromatic heterocycles. The van der Waals surface area contributed by atoms with E-state index in [0.717, 1.165) is 0 Å². The van der Waals surface area contributed by atoms with Gasteiger partial charge in [-0.3, -0.25) is 0 Å².